The number of hydrogen-bond donors (Lipinski definition) is 2. The molecule has 0 bridgehead atoms. The lowest BCUT2D eigenvalue weighted by Crippen LogP contribution is -2.40. The van der Waals surface area contributed by atoms with Gasteiger partial charge in [0.2, 0.25) is 0 Å². The van der Waals surface area contributed by atoms with Gasteiger partial charge in [0.15, 0.2) is 5.69 Å². The van der Waals surface area contributed by atoms with Gasteiger partial charge in [-0.15, -0.1) is 0 Å². The van der Waals surface area contributed by atoms with Gasteiger partial charge in [0, 0.05) is 11.3 Å². The van der Waals surface area contributed by atoms with Crippen LogP contribution < -0.4 is 5.32 Å². The summed E-state index contributed by atoms with van der Waals surface area (Å²) in [4.78, 5) is 23.8. The zero-order valence-corrected chi connectivity index (χ0v) is 14.6. The number of aliphatic carboxylic acids is 1. The molecule has 25 heavy (non-hydrogen) atoms. The van der Waals surface area contributed by atoms with Crippen molar-refractivity contribution in [1.82, 2.24) is 15.1 Å². The van der Waals surface area contributed by atoms with Crippen molar-refractivity contribution in [3.8, 4) is 5.69 Å². The molecule has 1 aromatic heterocycles. The predicted molar refractivity (Wildman–Crippen MR) is 94.1 cm³/mol. The topological polar surface area (TPSA) is 84.2 Å². The fourth-order valence-electron chi connectivity index (χ4n) is 3.25. The van der Waals surface area contributed by atoms with Gasteiger partial charge in [0.1, 0.15) is 6.04 Å². The summed E-state index contributed by atoms with van der Waals surface area (Å²) in [5.41, 5.74) is 4.45. The molecule has 6 heteroatoms. The number of aryl methyl sites for hydroxylation is 1. The molecule has 1 aromatic carbocycles. The average Bonchev–Trinajstić information content (AvgIpc) is 3.00. The number of hydrogen-bond acceptors (Lipinski definition) is 3. The summed E-state index contributed by atoms with van der Waals surface area (Å²) in [6.07, 6.45) is 4.09. The number of nitrogens with zero attached hydrogens (tertiary/aromatic N) is 2. The lowest BCUT2D eigenvalue weighted by Gasteiger charge is -2.15. The minimum absolute atomic E-state index is 0.335. The first-order valence-electron chi connectivity index (χ1n) is 8.72. The molecule has 132 valence electrons. The molecule has 1 atom stereocenters. The summed E-state index contributed by atoms with van der Waals surface area (Å²) in [5, 5.41) is 16.3. The molecule has 0 saturated carbocycles. The van der Waals surface area contributed by atoms with Crippen molar-refractivity contribution in [3.63, 3.8) is 0 Å². The highest BCUT2D eigenvalue weighted by atomic mass is 16.4. The van der Waals surface area contributed by atoms with Crippen molar-refractivity contribution in [1.29, 1.82) is 0 Å². The summed E-state index contributed by atoms with van der Waals surface area (Å²) in [6, 6.07) is 7.12. The molecule has 6 nitrogen and oxygen atoms in total. The quantitative estimate of drug-likeness (QED) is 0.876. The summed E-state index contributed by atoms with van der Waals surface area (Å²) in [7, 11) is 0. The Labute approximate surface area is 146 Å². The predicted octanol–water partition coefficient (Wildman–Crippen LogP) is 2.65. The molecule has 0 saturated heterocycles. The second-order valence-corrected chi connectivity index (χ2v) is 6.50. The Kier molecular flexibility index (Phi) is 4.88. The highest BCUT2D eigenvalue weighted by Gasteiger charge is 2.27. The number of carboxylic acid groups (broad SMARTS) is 1. The molecule has 3 rings (SSSR count). The molecule has 0 aliphatic heterocycles. The fraction of sp³-hybridized carbons (Fsp3) is 0.421. The van der Waals surface area contributed by atoms with Crippen LogP contribution in [0.25, 0.3) is 5.69 Å². The molecule has 2 aromatic rings. The van der Waals surface area contributed by atoms with Crippen LogP contribution in [0.5, 0.6) is 0 Å². The molecule has 1 heterocycles. The van der Waals surface area contributed by atoms with E-state index in [9.17, 15) is 14.7 Å². The number of benzene rings is 1. The normalized spacial score (nSPS) is 14.6. The average molecular weight is 341 g/mol. The van der Waals surface area contributed by atoms with Crippen molar-refractivity contribution in [2.75, 3.05) is 0 Å². The molecule has 1 aliphatic rings. The van der Waals surface area contributed by atoms with E-state index in [1.807, 2.05) is 35.9 Å². The van der Waals surface area contributed by atoms with Crippen LogP contribution in [0, 0.1) is 6.92 Å². The van der Waals surface area contributed by atoms with E-state index in [4.69, 9.17) is 0 Å². The third kappa shape index (κ3) is 3.43. The molecule has 2 N–H and O–H groups in total. The maximum atomic E-state index is 12.6. The molecule has 0 spiro atoms. The van der Waals surface area contributed by atoms with Gasteiger partial charge in [-0.3, -0.25) is 4.79 Å². The van der Waals surface area contributed by atoms with E-state index in [0.717, 1.165) is 48.2 Å². The highest BCUT2D eigenvalue weighted by molar-refractivity contribution is 5.96. The number of fused-ring (bicyclic) bond motifs is 1. The Bertz CT molecular complexity index is 793. The lowest BCUT2D eigenvalue weighted by atomic mass is 9.95. The van der Waals surface area contributed by atoms with Gasteiger partial charge in [-0.05, 0) is 51.2 Å². The first kappa shape index (κ1) is 17.2. The molecule has 1 aliphatic carbocycles. The van der Waals surface area contributed by atoms with Gasteiger partial charge in [-0.2, -0.15) is 5.10 Å². The second-order valence-electron chi connectivity index (χ2n) is 6.50. The Balaban J connectivity index is 1.98. The van der Waals surface area contributed by atoms with Crippen LogP contribution in [0.2, 0.25) is 0 Å². The van der Waals surface area contributed by atoms with E-state index in [-0.39, 0.29) is 0 Å². The number of carbonyl (C=O) groups excluding carboxylic acids is 1. The van der Waals surface area contributed by atoms with Crippen LogP contribution in [0.4, 0.5) is 0 Å². The largest absolute Gasteiger partial charge is 0.480 e. The Morgan fingerprint density at radius 2 is 1.92 bits per heavy atom. The van der Waals surface area contributed by atoms with Crippen molar-refractivity contribution >= 4 is 11.9 Å². The smallest absolute Gasteiger partial charge is 0.326 e. The number of nitrogens with one attached hydrogen (secondary N) is 1. The van der Waals surface area contributed by atoms with E-state index < -0.39 is 17.9 Å². The molecular formula is C19H23N3O3. The fourth-order valence-corrected chi connectivity index (χ4v) is 3.25. The third-order valence-electron chi connectivity index (χ3n) is 4.69. The molecule has 0 fully saturated rings. The Hall–Kier alpha value is -2.63. The molecule has 0 radical (unpaired) electrons. The van der Waals surface area contributed by atoms with Crippen LogP contribution in [-0.2, 0) is 17.6 Å². The standard InChI is InChI=1S/C19H23N3O3/c1-3-15(19(24)25)20-18(23)17-14-6-4-5-7-16(14)22(21-17)13-10-8-12(2)9-11-13/h8-11,15H,3-7H2,1-2H3,(H,20,23)(H,24,25). The first-order valence-corrected chi connectivity index (χ1v) is 8.72. The number of aromatic nitrogens is 2. The monoisotopic (exact) mass is 341 g/mol. The second kappa shape index (κ2) is 7.09. The summed E-state index contributed by atoms with van der Waals surface area (Å²) in [5.74, 6) is -1.43. The van der Waals surface area contributed by atoms with Crippen LogP contribution in [0.15, 0.2) is 24.3 Å². The number of carbonyl (C=O) groups is 2. The van der Waals surface area contributed by atoms with Gasteiger partial charge in [0.05, 0.1) is 5.69 Å². The van der Waals surface area contributed by atoms with Gasteiger partial charge in [-0.1, -0.05) is 24.6 Å². The van der Waals surface area contributed by atoms with Gasteiger partial charge < -0.3 is 10.4 Å². The van der Waals surface area contributed by atoms with Crippen molar-refractivity contribution < 1.29 is 14.7 Å². The Morgan fingerprint density at radius 3 is 2.56 bits per heavy atom. The van der Waals surface area contributed by atoms with Crippen molar-refractivity contribution in [2.45, 2.75) is 52.0 Å². The maximum Gasteiger partial charge on any atom is 0.326 e. The summed E-state index contributed by atoms with van der Waals surface area (Å²) in [6.45, 7) is 3.76. The van der Waals surface area contributed by atoms with Gasteiger partial charge >= 0.3 is 5.97 Å². The van der Waals surface area contributed by atoms with Crippen LogP contribution >= 0.6 is 0 Å². The van der Waals surface area contributed by atoms with E-state index in [0.29, 0.717) is 12.1 Å². The molecular weight excluding hydrogens is 318 g/mol. The zero-order chi connectivity index (χ0) is 18.0. The van der Waals surface area contributed by atoms with E-state index in [1.165, 1.54) is 0 Å². The minimum Gasteiger partial charge on any atom is -0.480 e. The summed E-state index contributed by atoms with van der Waals surface area (Å²) >= 11 is 0. The number of rotatable bonds is 5. The minimum atomic E-state index is -1.03. The highest BCUT2D eigenvalue weighted by Crippen LogP contribution is 2.27. The van der Waals surface area contributed by atoms with Crippen molar-refractivity contribution in [2.24, 2.45) is 0 Å². The Morgan fingerprint density at radius 1 is 1.24 bits per heavy atom. The van der Waals surface area contributed by atoms with Crippen LogP contribution in [-0.4, -0.2) is 32.8 Å². The van der Waals surface area contributed by atoms with E-state index >= 15 is 0 Å². The maximum absolute atomic E-state index is 12.6. The molecule has 1 unspecified atom stereocenters. The third-order valence-corrected chi connectivity index (χ3v) is 4.69. The lowest BCUT2D eigenvalue weighted by molar-refractivity contribution is -0.139. The van der Waals surface area contributed by atoms with Crippen molar-refractivity contribution in [3.05, 3.63) is 46.8 Å². The van der Waals surface area contributed by atoms with E-state index in [1.54, 1.807) is 6.92 Å². The van der Waals surface area contributed by atoms with Crippen LogP contribution in [0.3, 0.4) is 0 Å². The number of amides is 1. The first-order chi connectivity index (χ1) is 12.0. The zero-order valence-electron chi connectivity index (χ0n) is 14.6. The summed E-state index contributed by atoms with van der Waals surface area (Å²) < 4.78 is 1.84. The molecule has 1 amide bonds. The van der Waals surface area contributed by atoms with Gasteiger partial charge in [0.25, 0.3) is 5.91 Å². The van der Waals surface area contributed by atoms with Crippen LogP contribution in [0.1, 0.15) is 53.5 Å². The van der Waals surface area contributed by atoms with Gasteiger partial charge in [-0.25, -0.2) is 9.48 Å². The van der Waals surface area contributed by atoms with E-state index in [2.05, 4.69) is 10.4 Å². The SMILES string of the molecule is CCC(NC(=O)c1nn(-c2ccc(C)cc2)c2c1CCCC2)C(=O)O. The number of carboxylic acids is 1.